The highest BCUT2D eigenvalue weighted by Gasteiger charge is 2.12. The predicted octanol–water partition coefficient (Wildman–Crippen LogP) is 5.12. The maximum Gasteiger partial charge on any atom is 0.0531 e. The number of nitrogens with zero attached hydrogens (tertiary/aromatic N) is 1. The number of hydrogen-bond acceptors (Lipinski definition) is 0. The number of para-hydroxylation sites is 1. The molecule has 0 atom stereocenters. The molecule has 3 rings (SSSR count). The first-order valence-corrected chi connectivity index (χ1v) is 7.29. The zero-order valence-corrected chi connectivity index (χ0v) is 12.7. The topological polar surface area (TPSA) is 4.93 Å². The molecule has 1 aromatic heterocycles. The Bertz CT molecular complexity index is 755. The van der Waals surface area contributed by atoms with Gasteiger partial charge in [-0.2, -0.15) is 0 Å². The molecule has 0 radical (unpaired) electrons. The van der Waals surface area contributed by atoms with Crippen molar-refractivity contribution in [3.63, 3.8) is 0 Å². The Morgan fingerprint density at radius 1 is 0.950 bits per heavy atom. The van der Waals surface area contributed by atoms with Crippen molar-refractivity contribution in [1.82, 2.24) is 4.57 Å². The molecule has 0 unspecified atom stereocenters. The summed E-state index contributed by atoms with van der Waals surface area (Å²) in [6.07, 6.45) is 3.37. The number of rotatable bonds is 2. The molecule has 1 heteroatoms. The average molecular weight is 263 g/mol. The van der Waals surface area contributed by atoms with Crippen molar-refractivity contribution in [3.05, 3.63) is 64.8 Å². The van der Waals surface area contributed by atoms with Crippen LogP contribution in [0.3, 0.4) is 0 Å². The molecule has 0 spiro atoms. The van der Waals surface area contributed by atoms with Crippen LogP contribution in [-0.2, 0) is 6.42 Å². The van der Waals surface area contributed by atoms with Crippen molar-refractivity contribution in [3.8, 4) is 5.69 Å². The molecule has 1 nitrogen and oxygen atoms in total. The molecule has 102 valence electrons. The lowest BCUT2D eigenvalue weighted by atomic mass is 10.0. The monoisotopic (exact) mass is 263 g/mol. The van der Waals surface area contributed by atoms with Gasteiger partial charge in [-0.3, -0.25) is 0 Å². The van der Waals surface area contributed by atoms with Crippen LogP contribution >= 0.6 is 0 Å². The Morgan fingerprint density at radius 3 is 2.25 bits per heavy atom. The molecule has 0 amide bonds. The highest BCUT2D eigenvalue weighted by atomic mass is 15.0. The molecule has 1 heterocycles. The van der Waals surface area contributed by atoms with Crippen LogP contribution in [0.4, 0.5) is 0 Å². The maximum atomic E-state index is 2.36. The number of fused-ring (bicyclic) bond motifs is 1. The summed E-state index contributed by atoms with van der Waals surface area (Å²) in [5.74, 6) is 0. The molecule has 0 N–H and O–H groups in total. The van der Waals surface area contributed by atoms with E-state index in [1.54, 1.807) is 0 Å². The summed E-state index contributed by atoms with van der Waals surface area (Å²) in [7, 11) is 0. The first-order chi connectivity index (χ1) is 9.61. The van der Waals surface area contributed by atoms with Crippen molar-refractivity contribution in [2.45, 2.75) is 34.1 Å². The minimum absolute atomic E-state index is 1.07. The summed E-state index contributed by atoms with van der Waals surface area (Å²) in [4.78, 5) is 0. The van der Waals surface area contributed by atoms with Crippen molar-refractivity contribution in [2.24, 2.45) is 0 Å². The second-order valence-corrected chi connectivity index (χ2v) is 5.64. The standard InChI is InChI=1S/C19H21N/c1-5-16-12-20(18-9-7-6-8-17(16)18)19-14(3)10-13(2)11-15(19)4/h6-12H,5H2,1-4H3. The van der Waals surface area contributed by atoms with Crippen LogP contribution in [-0.4, -0.2) is 4.57 Å². The molecule has 0 aliphatic heterocycles. The van der Waals surface area contributed by atoms with Crippen molar-refractivity contribution < 1.29 is 0 Å². The lowest BCUT2D eigenvalue weighted by molar-refractivity contribution is 1.05. The highest BCUT2D eigenvalue weighted by molar-refractivity contribution is 5.86. The molecule has 0 saturated heterocycles. The van der Waals surface area contributed by atoms with Crippen LogP contribution in [0.2, 0.25) is 0 Å². The second kappa shape index (κ2) is 4.82. The first kappa shape index (κ1) is 13.0. The summed E-state index contributed by atoms with van der Waals surface area (Å²) in [6.45, 7) is 8.79. The molecule has 0 saturated carbocycles. The van der Waals surface area contributed by atoms with E-state index in [1.807, 2.05) is 0 Å². The normalized spacial score (nSPS) is 11.2. The second-order valence-electron chi connectivity index (χ2n) is 5.64. The summed E-state index contributed by atoms with van der Waals surface area (Å²) in [5, 5.41) is 1.37. The zero-order valence-electron chi connectivity index (χ0n) is 12.7. The summed E-state index contributed by atoms with van der Waals surface area (Å²) in [5.41, 5.74) is 8.05. The quantitative estimate of drug-likeness (QED) is 0.605. The van der Waals surface area contributed by atoms with Crippen LogP contribution in [0.15, 0.2) is 42.6 Å². The summed E-state index contributed by atoms with van der Waals surface area (Å²) >= 11 is 0. The van der Waals surface area contributed by atoms with Gasteiger partial charge in [-0.1, -0.05) is 42.8 Å². The van der Waals surface area contributed by atoms with Gasteiger partial charge in [0.05, 0.1) is 11.2 Å². The van der Waals surface area contributed by atoms with E-state index in [9.17, 15) is 0 Å². The van der Waals surface area contributed by atoms with Crippen LogP contribution < -0.4 is 0 Å². The SMILES string of the molecule is CCc1cn(-c2c(C)cc(C)cc2C)c2ccccc12. The van der Waals surface area contributed by atoms with Gasteiger partial charge in [0.25, 0.3) is 0 Å². The van der Waals surface area contributed by atoms with E-state index in [0.717, 1.165) is 6.42 Å². The van der Waals surface area contributed by atoms with E-state index in [1.165, 1.54) is 38.8 Å². The average Bonchev–Trinajstić information content (AvgIpc) is 2.77. The Morgan fingerprint density at radius 2 is 1.60 bits per heavy atom. The smallest absolute Gasteiger partial charge is 0.0531 e. The lowest BCUT2D eigenvalue weighted by Crippen LogP contribution is -1.99. The Labute approximate surface area is 120 Å². The van der Waals surface area contributed by atoms with Gasteiger partial charge >= 0.3 is 0 Å². The van der Waals surface area contributed by atoms with Crippen molar-refractivity contribution in [1.29, 1.82) is 0 Å². The van der Waals surface area contributed by atoms with E-state index < -0.39 is 0 Å². The minimum atomic E-state index is 1.07. The highest BCUT2D eigenvalue weighted by Crippen LogP contribution is 2.29. The van der Waals surface area contributed by atoms with Crippen molar-refractivity contribution >= 4 is 10.9 Å². The van der Waals surface area contributed by atoms with Gasteiger partial charge in [0, 0.05) is 11.6 Å². The van der Waals surface area contributed by atoms with Gasteiger partial charge in [-0.15, -0.1) is 0 Å². The van der Waals surface area contributed by atoms with Gasteiger partial charge in [0.15, 0.2) is 0 Å². The van der Waals surface area contributed by atoms with Gasteiger partial charge in [0.1, 0.15) is 0 Å². The molecule has 0 fully saturated rings. The van der Waals surface area contributed by atoms with Crippen LogP contribution in [0.5, 0.6) is 0 Å². The molecule has 20 heavy (non-hydrogen) atoms. The van der Waals surface area contributed by atoms with Gasteiger partial charge in [0.2, 0.25) is 0 Å². The summed E-state index contributed by atoms with van der Waals surface area (Å²) < 4.78 is 2.36. The van der Waals surface area contributed by atoms with E-state index in [-0.39, 0.29) is 0 Å². The lowest BCUT2D eigenvalue weighted by Gasteiger charge is -2.14. The fourth-order valence-corrected chi connectivity index (χ4v) is 3.27. The van der Waals surface area contributed by atoms with Crippen LogP contribution in [0.25, 0.3) is 16.6 Å². The fourth-order valence-electron chi connectivity index (χ4n) is 3.27. The third-order valence-electron chi connectivity index (χ3n) is 4.05. The maximum absolute atomic E-state index is 2.36. The van der Waals surface area contributed by atoms with Gasteiger partial charge in [-0.05, 0) is 49.9 Å². The zero-order chi connectivity index (χ0) is 14.3. The molecule has 3 aromatic rings. The first-order valence-electron chi connectivity index (χ1n) is 7.29. The van der Waals surface area contributed by atoms with Gasteiger partial charge in [-0.25, -0.2) is 0 Å². The Kier molecular flexibility index (Phi) is 3.13. The molecular weight excluding hydrogens is 242 g/mol. The minimum Gasteiger partial charge on any atom is -0.316 e. The third kappa shape index (κ3) is 1.94. The molecule has 0 aliphatic rings. The Hall–Kier alpha value is -2.02. The van der Waals surface area contributed by atoms with E-state index in [0.29, 0.717) is 0 Å². The number of aromatic nitrogens is 1. The molecule has 2 aromatic carbocycles. The Balaban J connectivity index is 2.36. The summed E-state index contributed by atoms with van der Waals surface area (Å²) in [6, 6.07) is 13.2. The van der Waals surface area contributed by atoms with Gasteiger partial charge < -0.3 is 4.57 Å². The number of aryl methyl sites for hydroxylation is 4. The van der Waals surface area contributed by atoms with E-state index in [2.05, 4.69) is 74.9 Å². The molecule has 0 aliphatic carbocycles. The number of benzene rings is 2. The molecule has 0 bridgehead atoms. The largest absolute Gasteiger partial charge is 0.316 e. The molecular formula is C19H21N. The predicted molar refractivity (Wildman–Crippen MR) is 86.9 cm³/mol. The van der Waals surface area contributed by atoms with Crippen LogP contribution in [0.1, 0.15) is 29.2 Å². The third-order valence-corrected chi connectivity index (χ3v) is 4.05. The van der Waals surface area contributed by atoms with E-state index in [4.69, 9.17) is 0 Å². The fraction of sp³-hybridized carbons (Fsp3) is 0.263. The van der Waals surface area contributed by atoms with Crippen molar-refractivity contribution in [2.75, 3.05) is 0 Å². The van der Waals surface area contributed by atoms with E-state index >= 15 is 0 Å². The number of hydrogen-bond donors (Lipinski definition) is 0. The van der Waals surface area contributed by atoms with Crippen LogP contribution in [0, 0.1) is 20.8 Å².